The Morgan fingerprint density at radius 2 is 2.24 bits per heavy atom. The predicted molar refractivity (Wildman–Crippen MR) is 81.5 cm³/mol. The van der Waals surface area contributed by atoms with E-state index >= 15 is 0 Å². The van der Waals surface area contributed by atoms with Gasteiger partial charge < -0.3 is 15.2 Å². The quantitative estimate of drug-likeness (QED) is 0.784. The lowest BCUT2D eigenvalue weighted by Gasteiger charge is -2.19. The Morgan fingerprint density at radius 1 is 1.43 bits per heavy atom. The molecule has 1 aromatic rings. The van der Waals surface area contributed by atoms with Crippen LogP contribution in [0.15, 0.2) is 0 Å². The van der Waals surface area contributed by atoms with E-state index in [0.717, 1.165) is 50.3 Å². The maximum atomic E-state index is 12.2. The first-order valence-electron chi connectivity index (χ1n) is 8.00. The van der Waals surface area contributed by atoms with Gasteiger partial charge in [-0.25, -0.2) is 0 Å². The minimum atomic E-state index is 0.181. The number of nitrogens with zero attached hydrogens (tertiary/aromatic N) is 4. The molecule has 1 amide bonds. The maximum Gasteiger partial charge on any atom is 0.222 e. The molecule has 2 heterocycles. The number of fused-ring (bicyclic) bond motifs is 1. The van der Waals surface area contributed by atoms with Gasteiger partial charge in [0.15, 0.2) is 5.82 Å². The van der Waals surface area contributed by atoms with Crippen LogP contribution in [0.1, 0.15) is 50.7 Å². The van der Waals surface area contributed by atoms with Gasteiger partial charge >= 0.3 is 0 Å². The number of amides is 1. The fourth-order valence-corrected chi connectivity index (χ4v) is 2.93. The first-order valence-corrected chi connectivity index (χ1v) is 8.00. The van der Waals surface area contributed by atoms with Crippen molar-refractivity contribution in [1.82, 2.24) is 19.7 Å². The van der Waals surface area contributed by atoms with Crippen molar-refractivity contribution in [2.24, 2.45) is 11.7 Å². The van der Waals surface area contributed by atoms with Crippen LogP contribution in [-0.4, -0.2) is 39.2 Å². The summed E-state index contributed by atoms with van der Waals surface area (Å²) in [4.78, 5) is 14.0. The Kier molecular flexibility index (Phi) is 5.73. The lowest BCUT2D eigenvalue weighted by Crippen LogP contribution is -2.28. The highest BCUT2D eigenvalue weighted by atomic mass is 16.2. The highest BCUT2D eigenvalue weighted by Crippen LogP contribution is 2.17. The Bertz CT molecular complexity index is 471. The molecule has 0 bridgehead atoms. The molecule has 6 nitrogen and oxygen atoms in total. The van der Waals surface area contributed by atoms with Crippen LogP contribution in [0.4, 0.5) is 0 Å². The standard InChI is InChI=1S/C15H27N5O/c1-3-12(8-9-16)6-7-15(21)19(2)11-14-18-17-13-5-4-10-20(13)14/h12H,3-11,16H2,1-2H3. The van der Waals surface area contributed by atoms with Gasteiger partial charge in [0.25, 0.3) is 0 Å². The molecule has 2 N–H and O–H groups in total. The number of hydrogen-bond acceptors (Lipinski definition) is 4. The topological polar surface area (TPSA) is 77.0 Å². The van der Waals surface area contributed by atoms with Crippen LogP contribution in [0.3, 0.4) is 0 Å². The molecule has 0 aliphatic carbocycles. The van der Waals surface area contributed by atoms with Crippen molar-refractivity contribution >= 4 is 5.91 Å². The van der Waals surface area contributed by atoms with Gasteiger partial charge in [-0.3, -0.25) is 4.79 Å². The summed E-state index contributed by atoms with van der Waals surface area (Å²) >= 11 is 0. The van der Waals surface area contributed by atoms with Crippen LogP contribution in [0.25, 0.3) is 0 Å². The number of nitrogens with two attached hydrogens (primary N) is 1. The molecule has 1 atom stereocenters. The highest BCUT2D eigenvalue weighted by molar-refractivity contribution is 5.75. The number of aromatic nitrogens is 3. The zero-order valence-electron chi connectivity index (χ0n) is 13.2. The number of carbonyl (C=O) groups excluding carboxylic acids is 1. The molecule has 6 heteroatoms. The van der Waals surface area contributed by atoms with Gasteiger partial charge in [0.05, 0.1) is 6.54 Å². The molecule has 0 fully saturated rings. The molecular weight excluding hydrogens is 266 g/mol. The van der Waals surface area contributed by atoms with Crippen molar-refractivity contribution in [3.05, 3.63) is 11.6 Å². The van der Waals surface area contributed by atoms with Crippen molar-refractivity contribution in [2.75, 3.05) is 13.6 Å². The molecule has 1 aromatic heterocycles. The summed E-state index contributed by atoms with van der Waals surface area (Å²) in [5.41, 5.74) is 5.60. The number of rotatable bonds is 8. The van der Waals surface area contributed by atoms with Crippen LogP contribution in [-0.2, 0) is 24.3 Å². The van der Waals surface area contributed by atoms with E-state index in [9.17, 15) is 4.79 Å². The van der Waals surface area contributed by atoms with Crippen molar-refractivity contribution in [1.29, 1.82) is 0 Å². The Morgan fingerprint density at radius 3 is 2.95 bits per heavy atom. The molecule has 2 rings (SSSR count). The number of aryl methyl sites for hydroxylation is 1. The smallest absolute Gasteiger partial charge is 0.222 e. The van der Waals surface area contributed by atoms with Gasteiger partial charge in [-0.2, -0.15) is 0 Å². The molecule has 0 saturated carbocycles. The normalized spacial score (nSPS) is 15.0. The average Bonchev–Trinajstić information content (AvgIpc) is 3.08. The van der Waals surface area contributed by atoms with E-state index in [1.54, 1.807) is 4.90 Å². The molecular formula is C15H27N5O. The van der Waals surface area contributed by atoms with Gasteiger partial charge in [0.1, 0.15) is 5.82 Å². The lowest BCUT2D eigenvalue weighted by atomic mass is 9.96. The van der Waals surface area contributed by atoms with Gasteiger partial charge in [-0.1, -0.05) is 13.3 Å². The Labute approximate surface area is 126 Å². The minimum absolute atomic E-state index is 0.181. The molecule has 1 unspecified atom stereocenters. The average molecular weight is 293 g/mol. The zero-order chi connectivity index (χ0) is 15.2. The zero-order valence-corrected chi connectivity index (χ0v) is 13.2. The fourth-order valence-electron chi connectivity index (χ4n) is 2.93. The molecule has 0 radical (unpaired) electrons. The van der Waals surface area contributed by atoms with Crippen molar-refractivity contribution < 1.29 is 4.79 Å². The van der Waals surface area contributed by atoms with Crippen molar-refractivity contribution in [3.8, 4) is 0 Å². The SMILES string of the molecule is CCC(CCN)CCC(=O)N(C)Cc1nnc2n1CCC2. The summed E-state index contributed by atoms with van der Waals surface area (Å²) in [6.45, 7) is 4.40. The third-order valence-corrected chi connectivity index (χ3v) is 4.41. The van der Waals surface area contributed by atoms with E-state index in [2.05, 4.69) is 21.7 Å². The maximum absolute atomic E-state index is 12.2. The van der Waals surface area contributed by atoms with E-state index in [4.69, 9.17) is 5.73 Å². The monoisotopic (exact) mass is 293 g/mol. The largest absolute Gasteiger partial charge is 0.338 e. The molecule has 1 aliphatic rings. The van der Waals surface area contributed by atoms with Gasteiger partial charge in [-0.05, 0) is 31.7 Å². The second-order valence-electron chi connectivity index (χ2n) is 5.93. The lowest BCUT2D eigenvalue weighted by molar-refractivity contribution is -0.130. The number of hydrogen-bond donors (Lipinski definition) is 1. The number of carbonyl (C=O) groups is 1. The Hall–Kier alpha value is -1.43. The molecule has 0 saturated heterocycles. The van der Waals surface area contributed by atoms with Gasteiger partial charge in [0.2, 0.25) is 5.91 Å². The molecule has 21 heavy (non-hydrogen) atoms. The summed E-state index contributed by atoms with van der Waals surface area (Å²) in [6.07, 6.45) is 5.75. The summed E-state index contributed by atoms with van der Waals surface area (Å²) < 4.78 is 2.15. The van der Waals surface area contributed by atoms with Gasteiger partial charge in [-0.15, -0.1) is 10.2 Å². The van der Waals surface area contributed by atoms with Crippen LogP contribution >= 0.6 is 0 Å². The molecule has 118 valence electrons. The van der Waals surface area contributed by atoms with Crippen LogP contribution in [0.5, 0.6) is 0 Å². The van der Waals surface area contributed by atoms with Crippen molar-refractivity contribution in [2.45, 2.75) is 58.5 Å². The fraction of sp³-hybridized carbons (Fsp3) is 0.800. The van der Waals surface area contributed by atoms with E-state index in [1.165, 1.54) is 0 Å². The van der Waals surface area contributed by atoms with E-state index in [0.29, 0.717) is 25.4 Å². The summed E-state index contributed by atoms with van der Waals surface area (Å²) in [5, 5.41) is 8.39. The minimum Gasteiger partial charge on any atom is -0.338 e. The van der Waals surface area contributed by atoms with Crippen LogP contribution in [0.2, 0.25) is 0 Å². The third kappa shape index (κ3) is 4.03. The summed E-state index contributed by atoms with van der Waals surface area (Å²) in [5.74, 6) is 2.71. The molecule has 0 spiro atoms. The summed E-state index contributed by atoms with van der Waals surface area (Å²) in [6, 6.07) is 0. The molecule has 1 aliphatic heterocycles. The van der Waals surface area contributed by atoms with Crippen LogP contribution < -0.4 is 5.73 Å². The summed E-state index contributed by atoms with van der Waals surface area (Å²) in [7, 11) is 1.85. The van der Waals surface area contributed by atoms with Crippen molar-refractivity contribution in [3.63, 3.8) is 0 Å². The van der Waals surface area contributed by atoms with Crippen LogP contribution in [0, 0.1) is 5.92 Å². The molecule has 0 aromatic carbocycles. The van der Waals surface area contributed by atoms with E-state index in [-0.39, 0.29) is 5.91 Å². The first kappa shape index (κ1) is 15.9. The highest BCUT2D eigenvalue weighted by Gasteiger charge is 2.20. The van der Waals surface area contributed by atoms with E-state index < -0.39 is 0 Å². The second-order valence-corrected chi connectivity index (χ2v) is 5.93. The first-order chi connectivity index (χ1) is 10.2. The van der Waals surface area contributed by atoms with Gasteiger partial charge in [0, 0.05) is 26.4 Å². The predicted octanol–water partition coefficient (Wildman–Crippen LogP) is 1.34. The third-order valence-electron chi connectivity index (χ3n) is 4.41. The second kappa shape index (κ2) is 7.54. The van der Waals surface area contributed by atoms with E-state index in [1.807, 2.05) is 7.05 Å². The Balaban J connectivity index is 1.82.